The lowest BCUT2D eigenvalue weighted by Gasteiger charge is -2.09. The molecule has 14 heavy (non-hydrogen) atoms. The van der Waals surface area contributed by atoms with E-state index in [4.69, 9.17) is 4.74 Å². The molecule has 1 amide bonds. The lowest BCUT2D eigenvalue weighted by atomic mass is 10.0. The lowest BCUT2D eigenvalue weighted by Crippen LogP contribution is -2.19. The quantitative estimate of drug-likeness (QED) is 0.776. The summed E-state index contributed by atoms with van der Waals surface area (Å²) >= 11 is 0. The van der Waals surface area contributed by atoms with E-state index in [0.29, 0.717) is 5.56 Å². The molecule has 0 aliphatic heterocycles. The number of rotatable bonds is 2. The molecule has 0 spiro atoms. The third-order valence-electron chi connectivity index (χ3n) is 2.21. The number of amides is 1. The maximum atomic E-state index is 11.4. The van der Waals surface area contributed by atoms with Gasteiger partial charge in [0.05, 0.1) is 7.11 Å². The summed E-state index contributed by atoms with van der Waals surface area (Å²) in [4.78, 5) is 11.4. The van der Waals surface area contributed by atoms with E-state index < -0.39 is 0 Å². The monoisotopic (exact) mass is 193 g/mol. The van der Waals surface area contributed by atoms with Gasteiger partial charge in [-0.2, -0.15) is 0 Å². The Bertz CT molecular complexity index is 359. The normalized spacial score (nSPS) is 9.71. The fraction of sp³-hybridized carbons (Fsp3) is 0.364. The largest absolute Gasteiger partial charge is 0.496 e. The third kappa shape index (κ3) is 1.87. The van der Waals surface area contributed by atoms with Gasteiger partial charge in [0, 0.05) is 12.6 Å². The molecule has 3 heteroatoms. The number of carbonyl (C=O) groups is 1. The van der Waals surface area contributed by atoms with Gasteiger partial charge in [0.2, 0.25) is 0 Å². The van der Waals surface area contributed by atoms with Crippen LogP contribution < -0.4 is 10.1 Å². The zero-order valence-electron chi connectivity index (χ0n) is 8.97. The van der Waals surface area contributed by atoms with Gasteiger partial charge in [0.25, 0.3) is 5.91 Å². The van der Waals surface area contributed by atoms with Gasteiger partial charge < -0.3 is 10.1 Å². The third-order valence-corrected chi connectivity index (χ3v) is 2.21. The van der Waals surface area contributed by atoms with Crippen LogP contribution in [0.5, 0.6) is 5.75 Å². The highest BCUT2D eigenvalue weighted by Crippen LogP contribution is 2.22. The van der Waals surface area contributed by atoms with Crippen LogP contribution in [-0.2, 0) is 0 Å². The van der Waals surface area contributed by atoms with Crippen molar-refractivity contribution in [1.29, 1.82) is 0 Å². The summed E-state index contributed by atoms with van der Waals surface area (Å²) in [5.74, 6) is 0.753. The maximum absolute atomic E-state index is 11.4. The van der Waals surface area contributed by atoms with E-state index in [2.05, 4.69) is 5.32 Å². The van der Waals surface area contributed by atoms with E-state index in [-0.39, 0.29) is 5.91 Å². The molecule has 0 heterocycles. The minimum Gasteiger partial charge on any atom is -0.496 e. The van der Waals surface area contributed by atoms with E-state index in [1.165, 1.54) is 0 Å². The first-order chi connectivity index (χ1) is 6.60. The summed E-state index contributed by atoms with van der Waals surface area (Å²) in [5, 5.41) is 2.61. The molecule has 0 unspecified atom stereocenters. The van der Waals surface area contributed by atoms with Crippen molar-refractivity contribution in [3.8, 4) is 5.75 Å². The van der Waals surface area contributed by atoms with E-state index >= 15 is 0 Å². The molecule has 0 aliphatic carbocycles. The van der Waals surface area contributed by atoms with Gasteiger partial charge in [-0.25, -0.2) is 0 Å². The SMILES string of the molecule is CNC(=O)c1cc(C)c(OC)cc1C. The molecule has 0 saturated carbocycles. The Kier molecular flexibility index (Phi) is 3.12. The van der Waals surface area contributed by atoms with Gasteiger partial charge in [-0.3, -0.25) is 4.79 Å². The number of ether oxygens (including phenoxy) is 1. The van der Waals surface area contributed by atoms with Crippen LogP contribution in [0.1, 0.15) is 21.5 Å². The summed E-state index contributed by atoms with van der Waals surface area (Å²) in [6.45, 7) is 3.82. The zero-order valence-corrected chi connectivity index (χ0v) is 8.97. The second kappa shape index (κ2) is 4.13. The number of methoxy groups -OCH3 is 1. The average Bonchev–Trinajstić information content (AvgIpc) is 2.19. The Morgan fingerprint density at radius 1 is 1.29 bits per heavy atom. The van der Waals surface area contributed by atoms with E-state index in [1.807, 2.05) is 26.0 Å². The Labute approximate surface area is 84.1 Å². The summed E-state index contributed by atoms with van der Waals surface area (Å²) < 4.78 is 5.16. The van der Waals surface area contributed by atoms with Crippen molar-refractivity contribution in [2.24, 2.45) is 0 Å². The average molecular weight is 193 g/mol. The van der Waals surface area contributed by atoms with Gasteiger partial charge in [0.1, 0.15) is 5.75 Å². The maximum Gasteiger partial charge on any atom is 0.251 e. The number of aryl methyl sites for hydroxylation is 2. The molecule has 3 nitrogen and oxygen atoms in total. The summed E-state index contributed by atoms with van der Waals surface area (Å²) in [6.07, 6.45) is 0. The van der Waals surface area contributed by atoms with Crippen LogP contribution in [0.2, 0.25) is 0 Å². The second-order valence-electron chi connectivity index (χ2n) is 3.22. The van der Waals surface area contributed by atoms with Crippen molar-refractivity contribution in [2.45, 2.75) is 13.8 Å². The molecule has 0 aliphatic rings. The molecule has 1 rings (SSSR count). The number of carbonyl (C=O) groups excluding carboxylic acids is 1. The van der Waals surface area contributed by atoms with Crippen LogP contribution >= 0.6 is 0 Å². The van der Waals surface area contributed by atoms with Crippen LogP contribution in [0, 0.1) is 13.8 Å². The van der Waals surface area contributed by atoms with Crippen LogP contribution in [0.3, 0.4) is 0 Å². The van der Waals surface area contributed by atoms with Crippen molar-refractivity contribution in [1.82, 2.24) is 5.32 Å². The van der Waals surface area contributed by atoms with Gasteiger partial charge in [0.15, 0.2) is 0 Å². The smallest absolute Gasteiger partial charge is 0.251 e. The lowest BCUT2D eigenvalue weighted by molar-refractivity contribution is 0.0962. The fourth-order valence-electron chi connectivity index (χ4n) is 1.39. The zero-order chi connectivity index (χ0) is 10.7. The molecule has 1 N–H and O–H groups in total. The van der Waals surface area contributed by atoms with Crippen LogP contribution in [-0.4, -0.2) is 20.1 Å². The van der Waals surface area contributed by atoms with E-state index in [0.717, 1.165) is 16.9 Å². The van der Waals surface area contributed by atoms with Crippen molar-refractivity contribution in [2.75, 3.05) is 14.2 Å². The Hall–Kier alpha value is -1.51. The molecule has 0 atom stereocenters. The molecular weight excluding hydrogens is 178 g/mol. The Morgan fingerprint density at radius 3 is 2.43 bits per heavy atom. The Morgan fingerprint density at radius 2 is 1.93 bits per heavy atom. The molecule has 0 fully saturated rings. The molecule has 0 aromatic heterocycles. The van der Waals surface area contributed by atoms with Crippen molar-refractivity contribution in [3.05, 3.63) is 28.8 Å². The number of nitrogens with one attached hydrogen (secondary N) is 1. The minimum absolute atomic E-state index is 0.0618. The predicted molar refractivity (Wildman–Crippen MR) is 55.9 cm³/mol. The van der Waals surface area contributed by atoms with Gasteiger partial charge in [-0.15, -0.1) is 0 Å². The highest BCUT2D eigenvalue weighted by molar-refractivity contribution is 5.95. The van der Waals surface area contributed by atoms with Crippen LogP contribution in [0.4, 0.5) is 0 Å². The second-order valence-corrected chi connectivity index (χ2v) is 3.22. The topological polar surface area (TPSA) is 38.3 Å². The summed E-state index contributed by atoms with van der Waals surface area (Å²) in [5.41, 5.74) is 2.59. The highest BCUT2D eigenvalue weighted by Gasteiger charge is 2.09. The molecule has 0 radical (unpaired) electrons. The minimum atomic E-state index is -0.0618. The van der Waals surface area contributed by atoms with E-state index in [1.54, 1.807) is 14.2 Å². The fourth-order valence-corrected chi connectivity index (χ4v) is 1.39. The number of hydrogen-bond donors (Lipinski definition) is 1. The highest BCUT2D eigenvalue weighted by atomic mass is 16.5. The van der Waals surface area contributed by atoms with E-state index in [9.17, 15) is 4.79 Å². The van der Waals surface area contributed by atoms with Crippen molar-refractivity contribution >= 4 is 5.91 Å². The van der Waals surface area contributed by atoms with Gasteiger partial charge in [-0.1, -0.05) is 0 Å². The molecule has 76 valence electrons. The first kappa shape index (κ1) is 10.6. The predicted octanol–water partition coefficient (Wildman–Crippen LogP) is 1.67. The van der Waals surface area contributed by atoms with Crippen molar-refractivity contribution < 1.29 is 9.53 Å². The standard InChI is InChI=1S/C11H15NO2/c1-7-6-10(14-4)8(2)5-9(7)11(13)12-3/h5-6H,1-4H3,(H,12,13). The first-order valence-electron chi connectivity index (χ1n) is 4.47. The molecule has 0 bridgehead atoms. The summed E-state index contributed by atoms with van der Waals surface area (Å²) in [7, 11) is 3.25. The van der Waals surface area contributed by atoms with Crippen molar-refractivity contribution in [3.63, 3.8) is 0 Å². The summed E-state index contributed by atoms with van der Waals surface area (Å²) in [6, 6.07) is 3.72. The number of benzene rings is 1. The Balaban J connectivity index is 3.21. The first-order valence-corrected chi connectivity index (χ1v) is 4.47. The van der Waals surface area contributed by atoms with Gasteiger partial charge >= 0.3 is 0 Å². The van der Waals surface area contributed by atoms with Gasteiger partial charge in [-0.05, 0) is 37.1 Å². The molecule has 1 aromatic rings. The van der Waals surface area contributed by atoms with Crippen LogP contribution in [0.15, 0.2) is 12.1 Å². The molecule has 0 saturated heterocycles. The molecular formula is C11H15NO2. The van der Waals surface area contributed by atoms with Crippen LogP contribution in [0.25, 0.3) is 0 Å². The number of hydrogen-bond acceptors (Lipinski definition) is 2. The molecule has 1 aromatic carbocycles.